The highest BCUT2D eigenvalue weighted by atomic mass is 32.1. The van der Waals surface area contributed by atoms with Gasteiger partial charge < -0.3 is 10.6 Å². The van der Waals surface area contributed by atoms with Crippen molar-refractivity contribution in [2.24, 2.45) is 0 Å². The quantitative estimate of drug-likeness (QED) is 0.373. The van der Waals surface area contributed by atoms with E-state index in [1.165, 1.54) is 0 Å². The topological polar surface area (TPSA) is 41.1 Å². The molecule has 1 amide bonds. The molecule has 0 aliphatic heterocycles. The summed E-state index contributed by atoms with van der Waals surface area (Å²) in [5, 5.41) is 5.01. The van der Waals surface area contributed by atoms with Gasteiger partial charge in [-0.05, 0) is 14.0 Å². The number of nitrogens with one attached hydrogen (secondary N) is 2. The number of hydrogen-bond acceptors (Lipinski definition) is 2. The maximum absolute atomic E-state index is 10.1. The Morgan fingerprint density at radius 1 is 1.75 bits per heavy atom. The zero-order valence-electron chi connectivity index (χ0n) is 4.93. The first kappa shape index (κ1) is 7.78. The van der Waals surface area contributed by atoms with Gasteiger partial charge in [0.1, 0.15) is 0 Å². The normalized spacial score (nSPS) is 12.9. The van der Waals surface area contributed by atoms with Crippen molar-refractivity contribution in [1.29, 1.82) is 0 Å². The van der Waals surface area contributed by atoms with Crippen molar-refractivity contribution >= 4 is 17.9 Å². The SMILES string of the molecule is CNC(C)NC(=O)S. The Labute approximate surface area is 54.3 Å². The van der Waals surface area contributed by atoms with E-state index in [9.17, 15) is 4.79 Å². The second kappa shape index (κ2) is 3.74. The van der Waals surface area contributed by atoms with Crippen molar-refractivity contribution in [1.82, 2.24) is 10.6 Å². The molecule has 0 bridgehead atoms. The van der Waals surface area contributed by atoms with Gasteiger partial charge in [0.25, 0.3) is 5.24 Å². The largest absolute Gasteiger partial charge is 0.332 e. The average molecular weight is 134 g/mol. The van der Waals surface area contributed by atoms with Gasteiger partial charge in [-0.3, -0.25) is 4.79 Å². The van der Waals surface area contributed by atoms with Crippen molar-refractivity contribution in [3.63, 3.8) is 0 Å². The van der Waals surface area contributed by atoms with Gasteiger partial charge in [0.2, 0.25) is 0 Å². The van der Waals surface area contributed by atoms with E-state index in [4.69, 9.17) is 0 Å². The number of carbonyl (C=O) groups excluding carboxylic acids is 1. The zero-order valence-corrected chi connectivity index (χ0v) is 5.83. The molecule has 4 heteroatoms. The molecule has 0 spiro atoms. The number of rotatable bonds is 2. The van der Waals surface area contributed by atoms with Crippen molar-refractivity contribution < 1.29 is 4.79 Å². The molecule has 0 heterocycles. The molecule has 0 aromatic rings. The van der Waals surface area contributed by atoms with Crippen LogP contribution in [0.3, 0.4) is 0 Å². The maximum atomic E-state index is 10.1. The first-order valence-corrected chi connectivity index (χ1v) is 2.78. The van der Waals surface area contributed by atoms with Crippen LogP contribution in [0.15, 0.2) is 0 Å². The van der Waals surface area contributed by atoms with E-state index < -0.39 is 0 Å². The molecule has 0 aliphatic carbocycles. The lowest BCUT2D eigenvalue weighted by atomic mass is 10.6. The third-order valence-corrected chi connectivity index (χ3v) is 0.902. The molecular formula is C4H10N2OS. The average Bonchev–Trinajstić information content (AvgIpc) is 1.65. The number of amides is 1. The highest BCUT2D eigenvalue weighted by Crippen LogP contribution is 1.77. The van der Waals surface area contributed by atoms with Crippen molar-refractivity contribution in [2.45, 2.75) is 13.1 Å². The summed E-state index contributed by atoms with van der Waals surface area (Å²) in [5.41, 5.74) is 0. The van der Waals surface area contributed by atoms with E-state index in [1.807, 2.05) is 6.92 Å². The third-order valence-electron chi connectivity index (χ3n) is 0.773. The number of hydrogen-bond donors (Lipinski definition) is 3. The summed E-state index contributed by atoms with van der Waals surface area (Å²) in [6, 6.07) is 0. The van der Waals surface area contributed by atoms with Crippen LogP contribution in [-0.4, -0.2) is 18.5 Å². The fourth-order valence-electron chi connectivity index (χ4n) is 0.257. The summed E-state index contributed by atoms with van der Waals surface area (Å²) in [5.74, 6) is 0. The Kier molecular flexibility index (Phi) is 3.64. The fraction of sp³-hybridized carbons (Fsp3) is 0.750. The van der Waals surface area contributed by atoms with E-state index in [0.717, 1.165) is 0 Å². The van der Waals surface area contributed by atoms with Gasteiger partial charge in [0.05, 0.1) is 6.17 Å². The van der Waals surface area contributed by atoms with Crippen molar-refractivity contribution in [3.05, 3.63) is 0 Å². The summed E-state index contributed by atoms with van der Waals surface area (Å²) in [7, 11) is 1.76. The molecule has 0 saturated heterocycles. The van der Waals surface area contributed by atoms with E-state index >= 15 is 0 Å². The first-order valence-electron chi connectivity index (χ1n) is 2.33. The minimum Gasteiger partial charge on any atom is -0.332 e. The fourth-order valence-corrected chi connectivity index (χ4v) is 0.451. The monoisotopic (exact) mass is 134 g/mol. The van der Waals surface area contributed by atoms with Gasteiger partial charge in [0, 0.05) is 0 Å². The summed E-state index contributed by atoms with van der Waals surface area (Å²) in [6.45, 7) is 1.83. The highest BCUT2D eigenvalue weighted by Gasteiger charge is 1.96. The van der Waals surface area contributed by atoms with Crippen LogP contribution < -0.4 is 10.6 Å². The molecule has 0 rings (SSSR count). The number of thiol groups is 1. The van der Waals surface area contributed by atoms with Crippen LogP contribution >= 0.6 is 12.6 Å². The molecule has 0 aliphatic rings. The van der Waals surface area contributed by atoms with E-state index in [-0.39, 0.29) is 11.4 Å². The van der Waals surface area contributed by atoms with Gasteiger partial charge in [-0.15, -0.1) is 0 Å². The molecule has 0 radical (unpaired) electrons. The van der Waals surface area contributed by atoms with Crippen LogP contribution in [0, 0.1) is 0 Å². The molecule has 8 heavy (non-hydrogen) atoms. The van der Waals surface area contributed by atoms with Crippen LogP contribution in [0.4, 0.5) is 4.79 Å². The second-order valence-electron chi connectivity index (χ2n) is 1.46. The minimum atomic E-state index is -0.313. The standard InChI is InChI=1S/C4H10N2OS/c1-3(5-2)6-4(7)8/h3,5H,1-2H3,(H2,6,7,8). The summed E-state index contributed by atoms with van der Waals surface area (Å²) < 4.78 is 0. The Bertz CT molecular complexity index is 86.1. The summed E-state index contributed by atoms with van der Waals surface area (Å²) in [6.07, 6.45) is -0.000000000000000222. The molecule has 1 unspecified atom stereocenters. The zero-order chi connectivity index (χ0) is 6.57. The Balaban J connectivity index is 3.24. The lowest BCUT2D eigenvalue weighted by molar-refractivity contribution is 0.257. The lowest BCUT2D eigenvalue weighted by Crippen LogP contribution is -2.38. The predicted octanol–water partition coefficient (Wildman–Crippen LogP) is 0.191. The van der Waals surface area contributed by atoms with Crippen LogP contribution in [0.1, 0.15) is 6.92 Å². The summed E-state index contributed by atoms with van der Waals surface area (Å²) >= 11 is 3.50. The molecule has 0 fully saturated rings. The molecule has 2 N–H and O–H groups in total. The van der Waals surface area contributed by atoms with Gasteiger partial charge in [-0.2, -0.15) is 0 Å². The van der Waals surface area contributed by atoms with Gasteiger partial charge in [0.15, 0.2) is 0 Å². The first-order chi connectivity index (χ1) is 3.66. The van der Waals surface area contributed by atoms with E-state index in [0.29, 0.717) is 0 Å². The van der Waals surface area contributed by atoms with E-state index in [1.54, 1.807) is 7.05 Å². The predicted molar refractivity (Wildman–Crippen MR) is 36.0 cm³/mol. The highest BCUT2D eigenvalue weighted by molar-refractivity contribution is 7.96. The molecular weight excluding hydrogens is 124 g/mol. The Hall–Kier alpha value is -0.220. The Morgan fingerprint density at radius 3 is 2.38 bits per heavy atom. The van der Waals surface area contributed by atoms with Crippen molar-refractivity contribution in [2.75, 3.05) is 7.05 Å². The van der Waals surface area contributed by atoms with Crippen LogP contribution in [0.25, 0.3) is 0 Å². The smallest absolute Gasteiger partial charge is 0.277 e. The number of carbonyl (C=O) groups is 1. The lowest BCUT2D eigenvalue weighted by Gasteiger charge is -2.08. The molecule has 1 atom stereocenters. The van der Waals surface area contributed by atoms with Crippen LogP contribution in [0.2, 0.25) is 0 Å². The van der Waals surface area contributed by atoms with Gasteiger partial charge >= 0.3 is 0 Å². The van der Waals surface area contributed by atoms with Crippen LogP contribution in [0.5, 0.6) is 0 Å². The van der Waals surface area contributed by atoms with Gasteiger partial charge in [-0.25, -0.2) is 0 Å². The summed E-state index contributed by atoms with van der Waals surface area (Å²) in [4.78, 5) is 10.1. The van der Waals surface area contributed by atoms with Gasteiger partial charge in [-0.1, -0.05) is 12.6 Å². The second-order valence-corrected chi connectivity index (χ2v) is 1.87. The van der Waals surface area contributed by atoms with E-state index in [2.05, 4.69) is 23.3 Å². The van der Waals surface area contributed by atoms with Crippen LogP contribution in [-0.2, 0) is 0 Å². The molecule has 0 aromatic carbocycles. The molecule has 48 valence electrons. The minimum absolute atomic E-state index is 0.000000000000000222. The molecule has 0 saturated carbocycles. The van der Waals surface area contributed by atoms with Crippen molar-refractivity contribution in [3.8, 4) is 0 Å². The molecule has 0 aromatic heterocycles. The maximum Gasteiger partial charge on any atom is 0.277 e. The third kappa shape index (κ3) is 3.95. The molecule has 3 nitrogen and oxygen atoms in total. The Morgan fingerprint density at radius 2 is 2.25 bits per heavy atom.